The van der Waals surface area contributed by atoms with Gasteiger partial charge < -0.3 is 10.1 Å². The van der Waals surface area contributed by atoms with Gasteiger partial charge in [0.15, 0.2) is 0 Å². The van der Waals surface area contributed by atoms with E-state index in [0.29, 0.717) is 28.6 Å². The minimum absolute atomic E-state index is 0.268. The van der Waals surface area contributed by atoms with Crippen molar-refractivity contribution < 1.29 is 9.53 Å². The normalized spacial score (nSPS) is 11.5. The molecular weight excluding hydrogens is 297 g/mol. The van der Waals surface area contributed by atoms with Crippen molar-refractivity contribution in [2.75, 3.05) is 20.2 Å². The lowest BCUT2D eigenvalue weighted by Gasteiger charge is -2.06. The smallest absolute Gasteiger partial charge is 0.333 e. The van der Waals surface area contributed by atoms with Crippen molar-refractivity contribution in [1.29, 1.82) is 0 Å². The highest BCUT2D eigenvalue weighted by atomic mass is 35.5. The van der Waals surface area contributed by atoms with Crippen LogP contribution in [0.25, 0.3) is 0 Å². The number of hydrogen-bond acceptors (Lipinski definition) is 3. The molecule has 1 rings (SSSR count). The zero-order valence-electron chi connectivity index (χ0n) is 11.7. The predicted octanol–water partition coefficient (Wildman–Crippen LogP) is 3.63. The van der Waals surface area contributed by atoms with Crippen LogP contribution in [0.1, 0.15) is 18.9 Å². The van der Waals surface area contributed by atoms with Gasteiger partial charge in [-0.05, 0) is 37.1 Å². The van der Waals surface area contributed by atoms with Gasteiger partial charge in [-0.1, -0.05) is 42.3 Å². The van der Waals surface area contributed by atoms with E-state index >= 15 is 0 Å². The SMILES string of the molecule is CC/C(=C/CNCCc1ccc(Cl)cc1Cl)C(=O)OC. The molecule has 0 aliphatic rings. The molecule has 0 bridgehead atoms. The molecule has 0 aliphatic carbocycles. The molecule has 0 heterocycles. The fourth-order valence-electron chi connectivity index (χ4n) is 1.75. The van der Waals surface area contributed by atoms with Crippen molar-refractivity contribution in [3.8, 4) is 0 Å². The van der Waals surface area contributed by atoms with Crippen molar-refractivity contribution in [3.05, 3.63) is 45.5 Å². The molecule has 20 heavy (non-hydrogen) atoms. The monoisotopic (exact) mass is 315 g/mol. The van der Waals surface area contributed by atoms with Crippen LogP contribution in [0.3, 0.4) is 0 Å². The summed E-state index contributed by atoms with van der Waals surface area (Å²) in [5.74, 6) is -0.268. The number of hydrogen-bond donors (Lipinski definition) is 1. The summed E-state index contributed by atoms with van der Waals surface area (Å²) >= 11 is 11.9. The van der Waals surface area contributed by atoms with Crippen LogP contribution in [0.5, 0.6) is 0 Å². The van der Waals surface area contributed by atoms with Gasteiger partial charge >= 0.3 is 5.97 Å². The second kappa shape index (κ2) is 9.01. The molecule has 1 N–H and O–H groups in total. The van der Waals surface area contributed by atoms with Crippen LogP contribution in [-0.4, -0.2) is 26.2 Å². The van der Waals surface area contributed by atoms with Crippen molar-refractivity contribution in [1.82, 2.24) is 5.32 Å². The van der Waals surface area contributed by atoms with E-state index in [9.17, 15) is 4.79 Å². The predicted molar refractivity (Wildman–Crippen MR) is 83.4 cm³/mol. The van der Waals surface area contributed by atoms with E-state index < -0.39 is 0 Å². The average Bonchev–Trinajstić information content (AvgIpc) is 2.44. The Bertz CT molecular complexity index is 487. The van der Waals surface area contributed by atoms with Crippen molar-refractivity contribution in [3.63, 3.8) is 0 Å². The fourth-order valence-corrected chi connectivity index (χ4v) is 2.25. The zero-order chi connectivity index (χ0) is 15.0. The molecule has 0 fully saturated rings. The molecule has 0 saturated carbocycles. The maximum atomic E-state index is 11.4. The number of carbonyl (C=O) groups excluding carboxylic acids is 1. The minimum Gasteiger partial charge on any atom is -0.466 e. The lowest BCUT2D eigenvalue weighted by Crippen LogP contribution is -2.18. The van der Waals surface area contributed by atoms with E-state index in [4.69, 9.17) is 27.9 Å². The highest BCUT2D eigenvalue weighted by molar-refractivity contribution is 6.35. The van der Waals surface area contributed by atoms with Gasteiger partial charge in [0.05, 0.1) is 7.11 Å². The van der Waals surface area contributed by atoms with Crippen LogP contribution >= 0.6 is 23.2 Å². The second-order valence-corrected chi connectivity index (χ2v) is 5.11. The van der Waals surface area contributed by atoms with Gasteiger partial charge in [-0.3, -0.25) is 0 Å². The Hall–Kier alpha value is -1.03. The molecule has 0 aliphatic heterocycles. The molecule has 0 radical (unpaired) electrons. The topological polar surface area (TPSA) is 38.3 Å². The molecule has 0 unspecified atom stereocenters. The van der Waals surface area contributed by atoms with Gasteiger partial charge in [-0.25, -0.2) is 4.79 Å². The summed E-state index contributed by atoms with van der Waals surface area (Å²) in [6, 6.07) is 5.49. The number of rotatable bonds is 7. The summed E-state index contributed by atoms with van der Waals surface area (Å²) in [6.45, 7) is 3.33. The molecule has 0 saturated heterocycles. The highest BCUT2D eigenvalue weighted by Crippen LogP contribution is 2.20. The molecule has 3 nitrogen and oxygen atoms in total. The number of halogens is 2. The van der Waals surface area contributed by atoms with Gasteiger partial charge in [0.25, 0.3) is 0 Å². The molecule has 0 aromatic heterocycles. The van der Waals surface area contributed by atoms with Gasteiger partial charge in [0, 0.05) is 22.2 Å². The summed E-state index contributed by atoms with van der Waals surface area (Å²) in [6.07, 6.45) is 3.33. The summed E-state index contributed by atoms with van der Waals surface area (Å²) < 4.78 is 4.69. The second-order valence-electron chi connectivity index (χ2n) is 4.26. The lowest BCUT2D eigenvalue weighted by molar-refractivity contribution is -0.136. The Morgan fingerprint density at radius 3 is 2.75 bits per heavy atom. The fraction of sp³-hybridized carbons (Fsp3) is 0.400. The molecule has 0 amide bonds. The Morgan fingerprint density at radius 2 is 2.15 bits per heavy atom. The summed E-state index contributed by atoms with van der Waals surface area (Å²) in [5.41, 5.74) is 1.74. The maximum Gasteiger partial charge on any atom is 0.333 e. The summed E-state index contributed by atoms with van der Waals surface area (Å²) in [5, 5.41) is 4.56. The Kier molecular flexibility index (Phi) is 7.67. The van der Waals surface area contributed by atoms with Gasteiger partial charge in [-0.15, -0.1) is 0 Å². The first kappa shape index (κ1) is 17.0. The third-order valence-electron chi connectivity index (χ3n) is 2.91. The number of ether oxygens (including phenoxy) is 1. The molecule has 0 spiro atoms. The molecule has 1 aromatic rings. The van der Waals surface area contributed by atoms with Crippen LogP contribution in [0.15, 0.2) is 29.8 Å². The molecular formula is C15H19Cl2NO2. The third-order valence-corrected chi connectivity index (χ3v) is 3.49. The first-order chi connectivity index (χ1) is 9.58. The minimum atomic E-state index is -0.268. The lowest BCUT2D eigenvalue weighted by atomic mass is 10.1. The van der Waals surface area contributed by atoms with Crippen LogP contribution in [-0.2, 0) is 16.0 Å². The Morgan fingerprint density at radius 1 is 1.40 bits per heavy atom. The van der Waals surface area contributed by atoms with Crippen LogP contribution < -0.4 is 5.32 Å². The van der Waals surface area contributed by atoms with Gasteiger partial charge in [0.1, 0.15) is 0 Å². The van der Waals surface area contributed by atoms with Crippen LogP contribution in [0.4, 0.5) is 0 Å². The van der Waals surface area contributed by atoms with E-state index in [2.05, 4.69) is 5.32 Å². The van der Waals surface area contributed by atoms with Crippen molar-refractivity contribution in [2.24, 2.45) is 0 Å². The van der Waals surface area contributed by atoms with Crippen LogP contribution in [0, 0.1) is 0 Å². The third kappa shape index (κ3) is 5.53. The van der Waals surface area contributed by atoms with Crippen molar-refractivity contribution >= 4 is 29.2 Å². The zero-order valence-corrected chi connectivity index (χ0v) is 13.2. The average molecular weight is 316 g/mol. The Labute approximate surface area is 129 Å². The van der Waals surface area contributed by atoms with E-state index in [1.807, 2.05) is 25.1 Å². The number of benzene rings is 1. The van der Waals surface area contributed by atoms with Crippen LogP contribution in [0.2, 0.25) is 10.0 Å². The number of nitrogens with one attached hydrogen (secondary N) is 1. The standard InChI is InChI=1S/C15H19Cl2NO2/c1-3-11(15(19)20-2)6-8-18-9-7-12-4-5-13(16)10-14(12)17/h4-6,10,18H,3,7-9H2,1-2H3/b11-6-. The van der Waals surface area contributed by atoms with E-state index in [0.717, 1.165) is 18.5 Å². The summed E-state index contributed by atoms with van der Waals surface area (Å²) in [4.78, 5) is 11.4. The largest absolute Gasteiger partial charge is 0.466 e. The molecule has 1 aromatic carbocycles. The first-order valence-electron chi connectivity index (χ1n) is 6.50. The molecule has 110 valence electrons. The Balaban J connectivity index is 2.38. The first-order valence-corrected chi connectivity index (χ1v) is 7.26. The maximum absolute atomic E-state index is 11.4. The van der Waals surface area contributed by atoms with Gasteiger partial charge in [0.2, 0.25) is 0 Å². The van der Waals surface area contributed by atoms with E-state index in [1.165, 1.54) is 7.11 Å². The van der Waals surface area contributed by atoms with Gasteiger partial charge in [-0.2, -0.15) is 0 Å². The quantitative estimate of drug-likeness (QED) is 0.474. The number of esters is 1. The highest BCUT2D eigenvalue weighted by Gasteiger charge is 2.05. The van der Waals surface area contributed by atoms with E-state index in [-0.39, 0.29) is 5.97 Å². The molecule has 0 atom stereocenters. The number of methoxy groups -OCH3 is 1. The number of carbonyl (C=O) groups is 1. The summed E-state index contributed by atoms with van der Waals surface area (Å²) in [7, 11) is 1.39. The van der Waals surface area contributed by atoms with E-state index in [1.54, 1.807) is 6.07 Å². The molecule has 5 heteroatoms. The van der Waals surface area contributed by atoms with Crippen molar-refractivity contribution in [2.45, 2.75) is 19.8 Å².